The maximum absolute atomic E-state index is 11.7. The van der Waals surface area contributed by atoms with Gasteiger partial charge in [0.1, 0.15) is 0 Å². The van der Waals surface area contributed by atoms with Crippen molar-refractivity contribution in [2.45, 2.75) is 26.4 Å². The number of benzene rings is 1. The van der Waals surface area contributed by atoms with Gasteiger partial charge in [0, 0.05) is 6.42 Å². The average molecular weight is 266 g/mol. The van der Waals surface area contributed by atoms with Gasteiger partial charge < -0.3 is 14.6 Å². The smallest absolute Gasteiger partial charge is 0.338 e. The summed E-state index contributed by atoms with van der Waals surface area (Å²) in [5.41, 5.74) is 1.59. The molecule has 0 unspecified atom stereocenters. The van der Waals surface area contributed by atoms with Gasteiger partial charge >= 0.3 is 11.9 Å². The van der Waals surface area contributed by atoms with E-state index in [0.717, 1.165) is 5.56 Å². The molecule has 0 aromatic heterocycles. The molecule has 5 nitrogen and oxygen atoms in total. The lowest BCUT2D eigenvalue weighted by molar-refractivity contribution is -0.140. The van der Waals surface area contributed by atoms with Crippen LogP contribution in [0.25, 0.3) is 0 Å². The van der Waals surface area contributed by atoms with E-state index in [1.54, 1.807) is 25.1 Å². The van der Waals surface area contributed by atoms with E-state index in [9.17, 15) is 14.7 Å². The number of rotatable bonds is 6. The van der Waals surface area contributed by atoms with E-state index in [0.29, 0.717) is 17.5 Å². The van der Waals surface area contributed by atoms with Crippen molar-refractivity contribution in [3.63, 3.8) is 0 Å². The number of aliphatic hydroxyl groups is 1. The normalized spacial score (nSPS) is 10.1. The Morgan fingerprint density at radius 2 is 2.05 bits per heavy atom. The van der Waals surface area contributed by atoms with Crippen LogP contribution in [0.5, 0.6) is 0 Å². The van der Waals surface area contributed by atoms with Gasteiger partial charge in [0.2, 0.25) is 0 Å². The number of hydrogen-bond acceptors (Lipinski definition) is 5. The number of ether oxygens (including phenoxy) is 2. The molecule has 0 bridgehead atoms. The fourth-order valence-electron chi connectivity index (χ4n) is 1.79. The molecule has 1 rings (SSSR count). The Bertz CT molecular complexity index is 453. The number of esters is 2. The third-order valence-electron chi connectivity index (χ3n) is 2.75. The number of aryl methyl sites for hydroxylation is 1. The summed E-state index contributed by atoms with van der Waals surface area (Å²) in [6, 6.07) is 5.08. The zero-order valence-electron chi connectivity index (χ0n) is 11.1. The molecule has 5 heteroatoms. The van der Waals surface area contributed by atoms with Crippen molar-refractivity contribution < 1.29 is 24.2 Å². The molecular formula is C14H18O5. The zero-order chi connectivity index (χ0) is 14.3. The fourth-order valence-corrected chi connectivity index (χ4v) is 1.79. The molecule has 0 spiro atoms. The average Bonchev–Trinajstić information content (AvgIpc) is 2.44. The molecule has 0 amide bonds. The summed E-state index contributed by atoms with van der Waals surface area (Å²) < 4.78 is 9.50. The van der Waals surface area contributed by atoms with Crippen molar-refractivity contribution in [1.82, 2.24) is 0 Å². The van der Waals surface area contributed by atoms with Gasteiger partial charge in [-0.1, -0.05) is 12.1 Å². The van der Waals surface area contributed by atoms with E-state index < -0.39 is 5.97 Å². The van der Waals surface area contributed by atoms with Crippen LogP contribution in [0.4, 0.5) is 0 Å². The molecule has 0 radical (unpaired) electrons. The Kier molecular flexibility index (Phi) is 6.02. The molecule has 0 atom stereocenters. The predicted octanol–water partition coefficient (Wildman–Crippen LogP) is 1.46. The third kappa shape index (κ3) is 4.06. The van der Waals surface area contributed by atoms with Crippen LogP contribution < -0.4 is 0 Å². The topological polar surface area (TPSA) is 72.8 Å². The number of carbonyl (C=O) groups excluding carboxylic acids is 2. The minimum absolute atomic E-state index is 0.204. The molecule has 104 valence electrons. The van der Waals surface area contributed by atoms with E-state index in [1.165, 1.54) is 7.11 Å². The van der Waals surface area contributed by atoms with Gasteiger partial charge in [0.05, 0.1) is 25.9 Å². The van der Waals surface area contributed by atoms with Crippen LogP contribution in [0.1, 0.15) is 34.8 Å². The van der Waals surface area contributed by atoms with E-state index >= 15 is 0 Å². The fraction of sp³-hybridized carbons (Fsp3) is 0.429. The predicted molar refractivity (Wildman–Crippen MR) is 68.7 cm³/mol. The summed E-state index contributed by atoms with van der Waals surface area (Å²) in [6.07, 6.45) is 0.617. The Balaban J connectivity index is 2.96. The Morgan fingerprint density at radius 1 is 1.32 bits per heavy atom. The second-order valence-corrected chi connectivity index (χ2v) is 3.90. The lowest BCUT2D eigenvalue weighted by Crippen LogP contribution is -2.11. The molecule has 19 heavy (non-hydrogen) atoms. The lowest BCUT2D eigenvalue weighted by Gasteiger charge is -2.11. The molecule has 0 saturated carbocycles. The lowest BCUT2D eigenvalue weighted by atomic mass is 9.98. The minimum Gasteiger partial charge on any atom is -0.469 e. The van der Waals surface area contributed by atoms with Crippen molar-refractivity contribution in [2.75, 3.05) is 13.7 Å². The van der Waals surface area contributed by atoms with Gasteiger partial charge in [-0.05, 0) is 30.5 Å². The van der Waals surface area contributed by atoms with E-state index in [1.807, 2.05) is 0 Å². The zero-order valence-corrected chi connectivity index (χ0v) is 11.1. The first kappa shape index (κ1) is 15.2. The number of hydrogen-bond donors (Lipinski definition) is 1. The van der Waals surface area contributed by atoms with Crippen molar-refractivity contribution in [3.05, 3.63) is 34.9 Å². The van der Waals surface area contributed by atoms with Gasteiger partial charge in [-0.25, -0.2) is 4.79 Å². The summed E-state index contributed by atoms with van der Waals surface area (Å²) in [4.78, 5) is 22.9. The summed E-state index contributed by atoms with van der Waals surface area (Å²) >= 11 is 0. The van der Waals surface area contributed by atoms with Crippen LogP contribution in [-0.4, -0.2) is 30.8 Å². The number of carbonyl (C=O) groups is 2. The summed E-state index contributed by atoms with van der Waals surface area (Å²) in [5, 5.41) is 9.41. The van der Waals surface area contributed by atoms with Crippen molar-refractivity contribution >= 4 is 11.9 Å². The van der Waals surface area contributed by atoms with Crippen LogP contribution in [0.3, 0.4) is 0 Å². The van der Waals surface area contributed by atoms with Crippen LogP contribution in [0.15, 0.2) is 18.2 Å². The number of aliphatic hydroxyl groups excluding tert-OH is 1. The minimum atomic E-state index is -0.466. The highest BCUT2D eigenvalue weighted by atomic mass is 16.5. The highest BCUT2D eigenvalue weighted by Crippen LogP contribution is 2.18. The first-order valence-corrected chi connectivity index (χ1v) is 6.09. The van der Waals surface area contributed by atoms with Gasteiger partial charge in [-0.15, -0.1) is 0 Å². The van der Waals surface area contributed by atoms with Crippen LogP contribution in [0, 0.1) is 0 Å². The summed E-state index contributed by atoms with van der Waals surface area (Å²) in [5.74, 6) is -0.795. The Morgan fingerprint density at radius 3 is 2.63 bits per heavy atom. The third-order valence-corrected chi connectivity index (χ3v) is 2.75. The second kappa shape index (κ2) is 7.53. The van der Waals surface area contributed by atoms with Gasteiger partial charge in [0.25, 0.3) is 0 Å². The van der Waals surface area contributed by atoms with Crippen molar-refractivity contribution in [3.8, 4) is 0 Å². The highest BCUT2D eigenvalue weighted by molar-refractivity contribution is 5.91. The molecule has 0 fully saturated rings. The quantitative estimate of drug-likeness (QED) is 0.789. The molecule has 0 heterocycles. The highest BCUT2D eigenvalue weighted by Gasteiger charge is 2.15. The SMILES string of the molecule is CCOC(=O)c1cccc(CCC(=O)OC)c1CO. The monoisotopic (exact) mass is 266 g/mol. The molecule has 0 aliphatic rings. The maximum Gasteiger partial charge on any atom is 0.338 e. The van der Waals surface area contributed by atoms with Crippen LogP contribution in [-0.2, 0) is 27.3 Å². The Hall–Kier alpha value is -1.88. The van der Waals surface area contributed by atoms with Gasteiger partial charge in [-0.2, -0.15) is 0 Å². The van der Waals surface area contributed by atoms with Crippen molar-refractivity contribution in [1.29, 1.82) is 0 Å². The van der Waals surface area contributed by atoms with Crippen LogP contribution >= 0.6 is 0 Å². The largest absolute Gasteiger partial charge is 0.469 e. The van der Waals surface area contributed by atoms with Crippen LogP contribution in [0.2, 0.25) is 0 Å². The van der Waals surface area contributed by atoms with E-state index in [2.05, 4.69) is 4.74 Å². The Labute approximate surface area is 112 Å². The second-order valence-electron chi connectivity index (χ2n) is 3.90. The molecule has 0 saturated heterocycles. The molecule has 1 N–H and O–H groups in total. The summed E-state index contributed by atoms with van der Waals surface area (Å²) in [6.45, 7) is 1.72. The van der Waals surface area contributed by atoms with Gasteiger partial charge in [-0.3, -0.25) is 4.79 Å². The molecule has 1 aromatic rings. The van der Waals surface area contributed by atoms with Gasteiger partial charge in [0.15, 0.2) is 0 Å². The molecule has 0 aliphatic heterocycles. The molecule has 1 aromatic carbocycles. The maximum atomic E-state index is 11.7. The molecular weight excluding hydrogens is 248 g/mol. The van der Waals surface area contributed by atoms with Crippen molar-refractivity contribution in [2.24, 2.45) is 0 Å². The first-order chi connectivity index (χ1) is 9.13. The molecule has 0 aliphatic carbocycles. The number of methoxy groups -OCH3 is 1. The van der Waals surface area contributed by atoms with E-state index in [-0.39, 0.29) is 25.6 Å². The standard InChI is InChI=1S/C14H18O5/c1-3-19-14(17)11-6-4-5-10(12(11)9-15)7-8-13(16)18-2/h4-6,15H,3,7-9H2,1-2H3. The first-order valence-electron chi connectivity index (χ1n) is 6.09. The summed E-state index contributed by atoms with van der Waals surface area (Å²) in [7, 11) is 1.32. The van der Waals surface area contributed by atoms with E-state index in [4.69, 9.17) is 4.74 Å².